The Labute approximate surface area is 100 Å². The van der Waals surface area contributed by atoms with Crippen LogP contribution in [0.25, 0.3) is 0 Å². The summed E-state index contributed by atoms with van der Waals surface area (Å²) in [6, 6.07) is 6.84. The molecule has 0 radical (unpaired) electrons. The highest BCUT2D eigenvalue weighted by molar-refractivity contribution is 5.36. The second kappa shape index (κ2) is 5.01. The standard InChI is InChI=1S/C15H25N/c1-11-6-7-13(15(3,4)5)10-14(11)12(2)8-9-16/h6-7,10,12H,8-9,16H2,1-5H3. The van der Waals surface area contributed by atoms with Gasteiger partial charge in [-0.25, -0.2) is 0 Å². The fraction of sp³-hybridized carbons (Fsp3) is 0.600. The van der Waals surface area contributed by atoms with Gasteiger partial charge >= 0.3 is 0 Å². The van der Waals surface area contributed by atoms with E-state index < -0.39 is 0 Å². The normalized spacial score (nSPS) is 13.9. The fourth-order valence-electron chi connectivity index (χ4n) is 2.04. The molecule has 1 unspecified atom stereocenters. The SMILES string of the molecule is Cc1ccc(C(C)(C)C)cc1C(C)CCN. The predicted octanol–water partition coefficient (Wildman–Crippen LogP) is 3.74. The summed E-state index contributed by atoms with van der Waals surface area (Å²) >= 11 is 0. The number of benzene rings is 1. The van der Waals surface area contributed by atoms with Crippen molar-refractivity contribution in [3.63, 3.8) is 0 Å². The van der Waals surface area contributed by atoms with Crippen LogP contribution < -0.4 is 5.73 Å². The van der Waals surface area contributed by atoms with Crippen molar-refractivity contribution in [2.45, 2.75) is 52.4 Å². The maximum Gasteiger partial charge on any atom is -0.00715 e. The molecular formula is C15H25N. The molecule has 0 bridgehead atoms. The van der Waals surface area contributed by atoms with Gasteiger partial charge in [0, 0.05) is 0 Å². The van der Waals surface area contributed by atoms with Crippen molar-refractivity contribution in [2.75, 3.05) is 6.54 Å². The van der Waals surface area contributed by atoms with Crippen LogP contribution in [0.1, 0.15) is 56.7 Å². The molecule has 0 saturated carbocycles. The number of hydrogen-bond donors (Lipinski definition) is 1. The smallest absolute Gasteiger partial charge is 0.00715 e. The molecule has 1 rings (SSSR count). The first-order valence-electron chi connectivity index (χ1n) is 6.17. The van der Waals surface area contributed by atoms with Crippen LogP contribution >= 0.6 is 0 Å². The molecule has 0 aliphatic carbocycles. The summed E-state index contributed by atoms with van der Waals surface area (Å²) < 4.78 is 0. The predicted molar refractivity (Wildman–Crippen MR) is 72.0 cm³/mol. The lowest BCUT2D eigenvalue weighted by Crippen LogP contribution is -2.13. The third kappa shape index (κ3) is 3.08. The van der Waals surface area contributed by atoms with Gasteiger partial charge in [-0.3, -0.25) is 0 Å². The lowest BCUT2D eigenvalue weighted by atomic mass is 9.83. The van der Waals surface area contributed by atoms with Crippen LogP contribution in [0.4, 0.5) is 0 Å². The van der Waals surface area contributed by atoms with Crippen LogP contribution in [0.15, 0.2) is 18.2 Å². The summed E-state index contributed by atoms with van der Waals surface area (Å²) in [5.74, 6) is 0.562. The number of nitrogens with two attached hydrogens (primary N) is 1. The molecule has 16 heavy (non-hydrogen) atoms. The van der Waals surface area contributed by atoms with Crippen LogP contribution in [-0.4, -0.2) is 6.54 Å². The van der Waals surface area contributed by atoms with Crippen molar-refractivity contribution in [1.29, 1.82) is 0 Å². The Hall–Kier alpha value is -0.820. The molecule has 0 spiro atoms. The van der Waals surface area contributed by atoms with E-state index in [1.807, 2.05) is 0 Å². The van der Waals surface area contributed by atoms with Gasteiger partial charge in [0.05, 0.1) is 0 Å². The Bertz CT molecular complexity index is 347. The topological polar surface area (TPSA) is 26.0 Å². The Balaban J connectivity index is 3.09. The highest BCUT2D eigenvalue weighted by Gasteiger charge is 2.16. The van der Waals surface area contributed by atoms with Crippen molar-refractivity contribution < 1.29 is 0 Å². The number of rotatable bonds is 3. The highest BCUT2D eigenvalue weighted by atomic mass is 14.5. The monoisotopic (exact) mass is 219 g/mol. The Morgan fingerprint density at radius 1 is 1.25 bits per heavy atom. The second-order valence-corrected chi connectivity index (χ2v) is 5.80. The second-order valence-electron chi connectivity index (χ2n) is 5.80. The quantitative estimate of drug-likeness (QED) is 0.823. The zero-order valence-electron chi connectivity index (χ0n) is 11.3. The van der Waals surface area contributed by atoms with Crippen molar-refractivity contribution in [3.8, 4) is 0 Å². The van der Waals surface area contributed by atoms with Crippen molar-refractivity contribution in [1.82, 2.24) is 0 Å². The molecule has 1 heteroatoms. The zero-order valence-corrected chi connectivity index (χ0v) is 11.3. The van der Waals surface area contributed by atoms with Crippen LogP contribution in [-0.2, 0) is 5.41 Å². The van der Waals surface area contributed by atoms with Gasteiger partial charge in [-0.2, -0.15) is 0 Å². The van der Waals surface area contributed by atoms with Gasteiger partial charge < -0.3 is 5.73 Å². The molecule has 1 aromatic carbocycles. The molecular weight excluding hydrogens is 194 g/mol. The summed E-state index contributed by atoms with van der Waals surface area (Å²) in [7, 11) is 0. The average Bonchev–Trinajstić information content (AvgIpc) is 2.16. The van der Waals surface area contributed by atoms with Gasteiger partial charge in [0.2, 0.25) is 0 Å². The minimum absolute atomic E-state index is 0.227. The van der Waals surface area contributed by atoms with E-state index in [0.29, 0.717) is 5.92 Å². The van der Waals surface area contributed by atoms with E-state index in [9.17, 15) is 0 Å². The zero-order chi connectivity index (χ0) is 12.3. The van der Waals surface area contributed by atoms with E-state index in [0.717, 1.165) is 13.0 Å². The molecule has 1 atom stereocenters. The van der Waals surface area contributed by atoms with Crippen LogP contribution in [0.5, 0.6) is 0 Å². The van der Waals surface area contributed by atoms with E-state index in [-0.39, 0.29) is 5.41 Å². The van der Waals surface area contributed by atoms with Gasteiger partial charge in [-0.1, -0.05) is 45.9 Å². The summed E-state index contributed by atoms with van der Waals surface area (Å²) in [6.45, 7) is 12.0. The van der Waals surface area contributed by atoms with E-state index in [1.165, 1.54) is 16.7 Å². The van der Waals surface area contributed by atoms with E-state index >= 15 is 0 Å². The molecule has 0 heterocycles. The Morgan fingerprint density at radius 3 is 2.38 bits per heavy atom. The number of aryl methyl sites for hydroxylation is 1. The summed E-state index contributed by atoms with van der Waals surface area (Å²) in [5.41, 5.74) is 10.1. The maximum absolute atomic E-state index is 5.64. The first kappa shape index (κ1) is 13.2. The van der Waals surface area contributed by atoms with E-state index in [2.05, 4.69) is 52.8 Å². The largest absolute Gasteiger partial charge is 0.330 e. The first-order chi connectivity index (χ1) is 7.36. The van der Waals surface area contributed by atoms with Crippen molar-refractivity contribution >= 4 is 0 Å². The van der Waals surface area contributed by atoms with Gasteiger partial charge in [-0.15, -0.1) is 0 Å². The highest BCUT2D eigenvalue weighted by Crippen LogP contribution is 2.29. The Morgan fingerprint density at radius 2 is 1.88 bits per heavy atom. The molecule has 90 valence electrons. The van der Waals surface area contributed by atoms with E-state index in [1.54, 1.807) is 0 Å². The van der Waals surface area contributed by atoms with Crippen molar-refractivity contribution in [3.05, 3.63) is 34.9 Å². The minimum Gasteiger partial charge on any atom is -0.330 e. The first-order valence-corrected chi connectivity index (χ1v) is 6.17. The number of hydrogen-bond acceptors (Lipinski definition) is 1. The molecule has 0 saturated heterocycles. The van der Waals surface area contributed by atoms with Gasteiger partial charge in [0.15, 0.2) is 0 Å². The maximum atomic E-state index is 5.64. The average molecular weight is 219 g/mol. The van der Waals surface area contributed by atoms with Crippen molar-refractivity contribution in [2.24, 2.45) is 5.73 Å². The van der Waals surface area contributed by atoms with E-state index in [4.69, 9.17) is 5.73 Å². The summed E-state index contributed by atoms with van der Waals surface area (Å²) in [4.78, 5) is 0. The lowest BCUT2D eigenvalue weighted by Gasteiger charge is -2.22. The third-order valence-electron chi connectivity index (χ3n) is 3.28. The van der Waals surface area contributed by atoms with Gasteiger partial charge in [-0.05, 0) is 47.9 Å². The van der Waals surface area contributed by atoms with Gasteiger partial charge in [0.1, 0.15) is 0 Å². The van der Waals surface area contributed by atoms with Crippen LogP contribution in [0, 0.1) is 6.92 Å². The molecule has 0 amide bonds. The third-order valence-corrected chi connectivity index (χ3v) is 3.28. The summed E-state index contributed by atoms with van der Waals surface area (Å²) in [5, 5.41) is 0. The lowest BCUT2D eigenvalue weighted by molar-refractivity contribution is 0.586. The fourth-order valence-corrected chi connectivity index (χ4v) is 2.04. The molecule has 1 nitrogen and oxygen atoms in total. The molecule has 1 aromatic rings. The minimum atomic E-state index is 0.227. The van der Waals surface area contributed by atoms with Crippen LogP contribution in [0.3, 0.4) is 0 Å². The van der Waals surface area contributed by atoms with Crippen LogP contribution in [0.2, 0.25) is 0 Å². The van der Waals surface area contributed by atoms with Gasteiger partial charge in [0.25, 0.3) is 0 Å². The molecule has 2 N–H and O–H groups in total. The molecule has 0 fully saturated rings. The molecule has 0 aliphatic heterocycles. The Kier molecular flexibility index (Phi) is 4.15. The summed E-state index contributed by atoms with van der Waals surface area (Å²) in [6.07, 6.45) is 1.06. The molecule has 0 aliphatic rings. The molecule has 0 aromatic heterocycles.